The van der Waals surface area contributed by atoms with E-state index in [1.807, 2.05) is 11.8 Å². The highest BCUT2D eigenvalue weighted by Gasteiger charge is 2.02. The summed E-state index contributed by atoms with van der Waals surface area (Å²) >= 11 is 1.98. The Morgan fingerprint density at radius 1 is 1.23 bits per heavy atom. The molecule has 0 aliphatic heterocycles. The summed E-state index contributed by atoms with van der Waals surface area (Å²) in [6.45, 7) is 4.56. The van der Waals surface area contributed by atoms with E-state index < -0.39 is 0 Å². The van der Waals surface area contributed by atoms with Gasteiger partial charge in [-0.05, 0) is 18.6 Å². The van der Waals surface area contributed by atoms with Crippen LogP contribution in [-0.2, 0) is 0 Å². The lowest BCUT2D eigenvalue weighted by Crippen LogP contribution is -1.94. The van der Waals surface area contributed by atoms with Crippen LogP contribution in [0.1, 0.15) is 33.1 Å². The Balaban J connectivity index is 2.32. The van der Waals surface area contributed by atoms with Gasteiger partial charge in [-0.2, -0.15) is 0 Å². The van der Waals surface area contributed by atoms with Gasteiger partial charge in [0.15, 0.2) is 0 Å². The third-order valence-electron chi connectivity index (χ3n) is 2.04. The molecule has 13 heavy (non-hydrogen) atoms. The maximum Gasteiger partial charge on any atom is 0.00746 e. The summed E-state index contributed by atoms with van der Waals surface area (Å²) in [5.41, 5.74) is 0. The average molecular weight is 194 g/mol. The van der Waals surface area contributed by atoms with E-state index in [0.29, 0.717) is 0 Å². The zero-order valence-corrected chi connectivity index (χ0v) is 9.31. The molecule has 1 unspecified atom stereocenters. The van der Waals surface area contributed by atoms with Gasteiger partial charge < -0.3 is 0 Å². The fourth-order valence-corrected chi connectivity index (χ4v) is 2.35. The molecular weight excluding hydrogens is 176 g/mol. The van der Waals surface area contributed by atoms with Gasteiger partial charge in [0.05, 0.1) is 0 Å². The second kappa shape index (κ2) is 6.09. The van der Waals surface area contributed by atoms with E-state index in [9.17, 15) is 0 Å². The molecule has 0 aliphatic carbocycles. The predicted molar refractivity (Wildman–Crippen MR) is 61.3 cm³/mol. The molecule has 0 nitrogen and oxygen atoms in total. The van der Waals surface area contributed by atoms with Crippen molar-refractivity contribution >= 4 is 11.8 Å². The monoisotopic (exact) mass is 194 g/mol. The average Bonchev–Trinajstić information content (AvgIpc) is 2.16. The van der Waals surface area contributed by atoms with Crippen molar-refractivity contribution in [1.29, 1.82) is 0 Å². The van der Waals surface area contributed by atoms with E-state index in [4.69, 9.17) is 0 Å². The van der Waals surface area contributed by atoms with Gasteiger partial charge in [0, 0.05) is 10.1 Å². The minimum atomic E-state index is 0.752. The van der Waals surface area contributed by atoms with E-state index in [0.717, 1.165) is 5.25 Å². The molecule has 1 aromatic carbocycles. The van der Waals surface area contributed by atoms with Crippen LogP contribution < -0.4 is 0 Å². The lowest BCUT2D eigenvalue weighted by Gasteiger charge is -2.09. The molecule has 0 amide bonds. The molecule has 72 valence electrons. The Kier molecular flexibility index (Phi) is 4.99. The van der Waals surface area contributed by atoms with Crippen molar-refractivity contribution in [2.75, 3.05) is 0 Å². The first-order chi connectivity index (χ1) is 6.33. The predicted octanol–water partition coefficient (Wildman–Crippen LogP) is 4.36. The molecule has 1 heteroatoms. The normalized spacial score (nSPS) is 12.8. The lowest BCUT2D eigenvalue weighted by molar-refractivity contribution is 0.713. The molecular formula is C12H18S. The van der Waals surface area contributed by atoms with Crippen LogP contribution in [0.15, 0.2) is 35.2 Å². The second-order valence-corrected chi connectivity index (χ2v) is 4.90. The molecule has 0 saturated heterocycles. The summed E-state index contributed by atoms with van der Waals surface area (Å²) in [5, 5.41) is 0.752. The fraction of sp³-hybridized carbons (Fsp3) is 0.500. The maximum atomic E-state index is 2.31. The zero-order valence-electron chi connectivity index (χ0n) is 8.49. The van der Waals surface area contributed by atoms with Gasteiger partial charge in [-0.25, -0.2) is 0 Å². The highest BCUT2D eigenvalue weighted by Crippen LogP contribution is 2.25. The van der Waals surface area contributed by atoms with Gasteiger partial charge in [0.25, 0.3) is 0 Å². The minimum Gasteiger partial charge on any atom is -0.123 e. The first kappa shape index (κ1) is 10.6. The van der Waals surface area contributed by atoms with Gasteiger partial charge in [-0.15, -0.1) is 11.8 Å². The van der Waals surface area contributed by atoms with E-state index >= 15 is 0 Å². The molecule has 0 bridgehead atoms. The molecule has 1 atom stereocenters. The minimum absolute atomic E-state index is 0.752. The van der Waals surface area contributed by atoms with E-state index in [1.165, 1.54) is 24.2 Å². The van der Waals surface area contributed by atoms with Crippen LogP contribution in [0.5, 0.6) is 0 Å². The molecule has 1 aromatic rings. The van der Waals surface area contributed by atoms with Crippen LogP contribution in [-0.4, -0.2) is 5.25 Å². The molecule has 0 heterocycles. The summed E-state index contributed by atoms with van der Waals surface area (Å²) in [6.07, 6.45) is 3.98. The van der Waals surface area contributed by atoms with Crippen molar-refractivity contribution in [3.63, 3.8) is 0 Å². The SMILES string of the molecule is CCCCC(C)Sc1ccccc1. The van der Waals surface area contributed by atoms with Crippen LogP contribution in [0.25, 0.3) is 0 Å². The summed E-state index contributed by atoms with van der Waals surface area (Å²) in [4.78, 5) is 1.39. The molecule has 0 radical (unpaired) electrons. The van der Waals surface area contributed by atoms with Crippen molar-refractivity contribution in [3.8, 4) is 0 Å². The number of benzene rings is 1. The van der Waals surface area contributed by atoms with Crippen LogP contribution in [0.2, 0.25) is 0 Å². The van der Waals surface area contributed by atoms with Crippen LogP contribution >= 0.6 is 11.8 Å². The van der Waals surface area contributed by atoms with Gasteiger partial charge in [0.2, 0.25) is 0 Å². The number of rotatable bonds is 5. The van der Waals surface area contributed by atoms with Crippen LogP contribution in [0, 0.1) is 0 Å². The molecule has 0 fully saturated rings. The summed E-state index contributed by atoms with van der Waals surface area (Å²) in [7, 11) is 0. The first-order valence-corrected chi connectivity index (χ1v) is 5.92. The van der Waals surface area contributed by atoms with E-state index in [1.54, 1.807) is 0 Å². The smallest absolute Gasteiger partial charge is 0.00746 e. The van der Waals surface area contributed by atoms with E-state index in [2.05, 4.69) is 44.2 Å². The third-order valence-corrected chi connectivity index (χ3v) is 3.23. The number of thioether (sulfide) groups is 1. The zero-order chi connectivity index (χ0) is 9.52. The summed E-state index contributed by atoms with van der Waals surface area (Å²) in [6, 6.07) is 10.7. The lowest BCUT2D eigenvalue weighted by atomic mass is 10.2. The van der Waals surface area contributed by atoms with Gasteiger partial charge in [-0.1, -0.05) is 44.9 Å². The van der Waals surface area contributed by atoms with Crippen molar-refractivity contribution in [2.45, 2.75) is 43.3 Å². The molecule has 0 N–H and O–H groups in total. The molecule has 1 rings (SSSR count). The van der Waals surface area contributed by atoms with Crippen LogP contribution in [0.3, 0.4) is 0 Å². The van der Waals surface area contributed by atoms with Gasteiger partial charge >= 0.3 is 0 Å². The quantitative estimate of drug-likeness (QED) is 0.628. The van der Waals surface area contributed by atoms with Crippen molar-refractivity contribution in [3.05, 3.63) is 30.3 Å². The highest BCUT2D eigenvalue weighted by atomic mass is 32.2. The molecule has 0 aromatic heterocycles. The topological polar surface area (TPSA) is 0 Å². The van der Waals surface area contributed by atoms with Gasteiger partial charge in [0.1, 0.15) is 0 Å². The Bertz CT molecular complexity index is 218. The standard InChI is InChI=1S/C12H18S/c1-3-4-8-11(2)13-12-9-6-5-7-10-12/h5-7,9-11H,3-4,8H2,1-2H3. The number of hydrogen-bond donors (Lipinski definition) is 0. The summed E-state index contributed by atoms with van der Waals surface area (Å²) in [5.74, 6) is 0. The summed E-state index contributed by atoms with van der Waals surface area (Å²) < 4.78 is 0. The Labute approximate surface area is 85.7 Å². The third kappa shape index (κ3) is 4.37. The van der Waals surface area contributed by atoms with E-state index in [-0.39, 0.29) is 0 Å². The van der Waals surface area contributed by atoms with Crippen LogP contribution in [0.4, 0.5) is 0 Å². The van der Waals surface area contributed by atoms with Gasteiger partial charge in [-0.3, -0.25) is 0 Å². The molecule has 0 aliphatic rings. The Hall–Kier alpha value is -0.430. The second-order valence-electron chi connectivity index (χ2n) is 3.38. The Morgan fingerprint density at radius 2 is 1.92 bits per heavy atom. The van der Waals surface area contributed by atoms with Crippen molar-refractivity contribution < 1.29 is 0 Å². The van der Waals surface area contributed by atoms with Crippen molar-refractivity contribution in [2.24, 2.45) is 0 Å². The Morgan fingerprint density at radius 3 is 2.54 bits per heavy atom. The largest absolute Gasteiger partial charge is 0.123 e. The number of hydrogen-bond acceptors (Lipinski definition) is 1. The molecule has 0 spiro atoms. The first-order valence-electron chi connectivity index (χ1n) is 5.04. The maximum absolute atomic E-state index is 2.31. The molecule has 0 saturated carbocycles. The highest BCUT2D eigenvalue weighted by molar-refractivity contribution is 7.99. The fourth-order valence-electron chi connectivity index (χ4n) is 1.28. The van der Waals surface area contributed by atoms with Crippen molar-refractivity contribution in [1.82, 2.24) is 0 Å². The number of unbranched alkanes of at least 4 members (excludes halogenated alkanes) is 1.